The van der Waals surface area contributed by atoms with Crippen molar-refractivity contribution in [3.63, 3.8) is 0 Å². The molecule has 0 spiro atoms. The lowest BCUT2D eigenvalue weighted by Crippen LogP contribution is -2.34. The fourth-order valence-electron chi connectivity index (χ4n) is 4.19. The molecule has 7 nitrogen and oxygen atoms in total. The molecule has 1 saturated heterocycles. The molecule has 2 N–H and O–H groups in total. The maximum Gasteiger partial charge on any atom is 0.256 e. The molecule has 1 aliphatic rings. The number of likely N-dealkylation sites (N-methyl/N-ethyl adjacent to an activating group) is 1. The number of carbonyl (C=O) groups excluding carboxylic acids is 1. The molecule has 1 aliphatic heterocycles. The minimum absolute atomic E-state index is 0.152. The van der Waals surface area contributed by atoms with E-state index >= 15 is 0 Å². The molecule has 0 aliphatic carbocycles. The number of likely N-dealkylation sites (tertiary alicyclic amines) is 1. The molecule has 1 fully saturated rings. The fraction of sp³-hybridized carbons (Fsp3) is 0.333. The number of hydrogen-bond donors (Lipinski definition) is 1. The molecule has 0 bridgehead atoms. The molecular weight excluding hydrogens is 459 g/mol. The number of pyridine rings is 1. The molecule has 3 aromatic rings. The Morgan fingerprint density at radius 2 is 1.88 bits per heavy atom. The minimum atomic E-state index is -0.152. The van der Waals surface area contributed by atoms with Gasteiger partial charge in [-0.25, -0.2) is 15.0 Å². The molecule has 0 saturated carbocycles. The third kappa shape index (κ3) is 4.67. The van der Waals surface area contributed by atoms with Crippen LogP contribution in [0.4, 0.5) is 5.82 Å². The van der Waals surface area contributed by atoms with Crippen molar-refractivity contribution < 1.29 is 4.79 Å². The zero-order valence-electron chi connectivity index (χ0n) is 18.8. The summed E-state index contributed by atoms with van der Waals surface area (Å²) in [6, 6.07) is 7.45. The number of amides is 1. The number of nitrogens with two attached hydrogens (primary N) is 1. The van der Waals surface area contributed by atoms with Gasteiger partial charge in [0.05, 0.1) is 27.0 Å². The van der Waals surface area contributed by atoms with Crippen molar-refractivity contribution >= 4 is 34.9 Å². The monoisotopic (exact) mass is 484 g/mol. The fourth-order valence-corrected chi connectivity index (χ4v) is 4.83. The largest absolute Gasteiger partial charge is 0.384 e. The minimum Gasteiger partial charge on any atom is -0.384 e. The number of carbonyl (C=O) groups is 1. The van der Waals surface area contributed by atoms with Crippen LogP contribution in [0, 0.1) is 0 Å². The zero-order chi connectivity index (χ0) is 23.7. The van der Waals surface area contributed by atoms with Gasteiger partial charge in [0.1, 0.15) is 12.1 Å². The van der Waals surface area contributed by atoms with Gasteiger partial charge in [-0.15, -0.1) is 0 Å². The molecular formula is C24H26Cl2N6O. The second-order valence-corrected chi connectivity index (χ2v) is 9.16. The van der Waals surface area contributed by atoms with Gasteiger partial charge in [0.25, 0.3) is 5.91 Å². The second-order valence-electron chi connectivity index (χ2n) is 8.34. The number of benzene rings is 1. The third-order valence-electron chi connectivity index (χ3n) is 6.05. The van der Waals surface area contributed by atoms with Crippen LogP contribution in [0.3, 0.4) is 0 Å². The molecule has 1 atom stereocenters. The van der Waals surface area contributed by atoms with E-state index in [0.717, 1.165) is 23.2 Å². The third-order valence-corrected chi connectivity index (χ3v) is 6.64. The second kappa shape index (κ2) is 9.63. The average Bonchev–Trinajstić information content (AvgIpc) is 3.29. The smallest absolute Gasteiger partial charge is 0.256 e. The number of aryl methyl sites for hydroxylation is 1. The summed E-state index contributed by atoms with van der Waals surface area (Å²) >= 11 is 13.3. The highest BCUT2D eigenvalue weighted by molar-refractivity contribution is 6.40. The van der Waals surface area contributed by atoms with Crippen molar-refractivity contribution in [2.75, 3.05) is 32.9 Å². The molecule has 4 rings (SSSR count). The molecule has 2 aromatic heterocycles. The molecule has 0 radical (unpaired) electrons. The number of anilines is 1. The summed E-state index contributed by atoms with van der Waals surface area (Å²) in [5.74, 6) is 0.281. The van der Waals surface area contributed by atoms with Crippen LogP contribution >= 0.6 is 23.2 Å². The van der Waals surface area contributed by atoms with E-state index in [2.05, 4.69) is 19.9 Å². The van der Waals surface area contributed by atoms with Crippen molar-refractivity contribution in [3.8, 4) is 22.4 Å². The van der Waals surface area contributed by atoms with Gasteiger partial charge in [-0.3, -0.25) is 4.79 Å². The topological polar surface area (TPSA) is 88.2 Å². The van der Waals surface area contributed by atoms with E-state index < -0.39 is 0 Å². The molecule has 1 amide bonds. The van der Waals surface area contributed by atoms with Gasteiger partial charge < -0.3 is 15.5 Å². The van der Waals surface area contributed by atoms with E-state index in [1.54, 1.807) is 24.4 Å². The van der Waals surface area contributed by atoms with Gasteiger partial charge in [0, 0.05) is 42.0 Å². The summed E-state index contributed by atoms with van der Waals surface area (Å²) in [5.41, 5.74) is 10.0. The molecule has 0 unspecified atom stereocenters. The molecule has 9 heteroatoms. The van der Waals surface area contributed by atoms with Crippen LogP contribution in [-0.2, 0) is 6.42 Å². The highest BCUT2D eigenvalue weighted by Gasteiger charge is 2.30. The van der Waals surface area contributed by atoms with E-state index in [1.807, 2.05) is 32.0 Å². The Morgan fingerprint density at radius 1 is 1.15 bits per heavy atom. The van der Waals surface area contributed by atoms with Crippen molar-refractivity contribution in [1.29, 1.82) is 0 Å². The van der Waals surface area contributed by atoms with Gasteiger partial charge in [-0.2, -0.15) is 0 Å². The summed E-state index contributed by atoms with van der Waals surface area (Å²) < 4.78 is 0. The Hall–Kier alpha value is -2.74. The van der Waals surface area contributed by atoms with Crippen LogP contribution in [0.1, 0.15) is 29.4 Å². The normalized spacial score (nSPS) is 15.9. The van der Waals surface area contributed by atoms with Crippen molar-refractivity contribution in [1.82, 2.24) is 24.8 Å². The van der Waals surface area contributed by atoms with E-state index in [-0.39, 0.29) is 5.91 Å². The van der Waals surface area contributed by atoms with E-state index in [1.165, 1.54) is 6.33 Å². The van der Waals surface area contributed by atoms with E-state index in [4.69, 9.17) is 28.9 Å². The maximum atomic E-state index is 13.2. The first-order valence-corrected chi connectivity index (χ1v) is 11.6. The number of nitrogens with zero attached hydrogens (tertiary/aromatic N) is 5. The SMILES string of the molecule is CCc1ncnc(-c2cc(Cl)c(C(=O)N3CC[C@@H](N(C)C)C3)c(Cl)c2)c1-c1ccc(N)nc1. The highest BCUT2D eigenvalue weighted by atomic mass is 35.5. The van der Waals surface area contributed by atoms with Gasteiger partial charge in [-0.05, 0) is 51.2 Å². The van der Waals surface area contributed by atoms with Crippen LogP contribution in [0.15, 0.2) is 36.8 Å². The number of aromatic nitrogens is 3. The summed E-state index contributed by atoms with van der Waals surface area (Å²) in [6.07, 6.45) is 4.85. The highest BCUT2D eigenvalue weighted by Crippen LogP contribution is 2.37. The summed E-state index contributed by atoms with van der Waals surface area (Å²) in [6.45, 7) is 3.36. The molecule has 172 valence electrons. The van der Waals surface area contributed by atoms with Crippen LogP contribution in [0.25, 0.3) is 22.4 Å². The van der Waals surface area contributed by atoms with Gasteiger partial charge >= 0.3 is 0 Å². The molecule has 1 aromatic carbocycles. The summed E-state index contributed by atoms with van der Waals surface area (Å²) in [4.78, 5) is 30.4. The lowest BCUT2D eigenvalue weighted by molar-refractivity contribution is 0.0783. The van der Waals surface area contributed by atoms with Gasteiger partial charge in [0.2, 0.25) is 0 Å². The Balaban J connectivity index is 1.75. The van der Waals surface area contributed by atoms with Crippen molar-refractivity contribution in [2.45, 2.75) is 25.8 Å². The first kappa shape index (κ1) is 23.4. The summed E-state index contributed by atoms with van der Waals surface area (Å²) in [7, 11) is 4.04. The van der Waals surface area contributed by atoms with Crippen LogP contribution < -0.4 is 5.73 Å². The van der Waals surface area contributed by atoms with Crippen LogP contribution in [0.5, 0.6) is 0 Å². The Labute approximate surface area is 203 Å². The maximum absolute atomic E-state index is 13.2. The van der Waals surface area contributed by atoms with E-state index in [0.29, 0.717) is 58.2 Å². The van der Waals surface area contributed by atoms with Crippen LogP contribution in [0.2, 0.25) is 10.0 Å². The Bertz CT molecular complexity index is 1160. The lowest BCUT2D eigenvalue weighted by Gasteiger charge is -2.21. The first-order valence-electron chi connectivity index (χ1n) is 10.8. The summed E-state index contributed by atoms with van der Waals surface area (Å²) in [5, 5.41) is 0.600. The first-order chi connectivity index (χ1) is 15.8. The predicted octanol–water partition coefficient (Wildman–Crippen LogP) is 4.43. The van der Waals surface area contributed by atoms with Gasteiger partial charge in [-0.1, -0.05) is 30.1 Å². The number of hydrogen-bond acceptors (Lipinski definition) is 6. The zero-order valence-corrected chi connectivity index (χ0v) is 20.4. The van der Waals surface area contributed by atoms with Crippen molar-refractivity contribution in [2.24, 2.45) is 0 Å². The number of nitrogen functional groups attached to an aromatic ring is 1. The van der Waals surface area contributed by atoms with Crippen LogP contribution in [-0.4, -0.2) is 63.9 Å². The van der Waals surface area contributed by atoms with Crippen molar-refractivity contribution in [3.05, 3.63) is 58.1 Å². The molecule has 3 heterocycles. The quantitative estimate of drug-likeness (QED) is 0.575. The number of rotatable bonds is 5. The van der Waals surface area contributed by atoms with E-state index in [9.17, 15) is 4.79 Å². The molecule has 33 heavy (non-hydrogen) atoms. The van der Waals surface area contributed by atoms with Gasteiger partial charge in [0.15, 0.2) is 0 Å². The Morgan fingerprint density at radius 3 is 2.45 bits per heavy atom. The average molecular weight is 485 g/mol. The predicted molar refractivity (Wildman–Crippen MR) is 133 cm³/mol. The standard InChI is InChI=1S/C24H26Cl2N6O/c1-4-19-21(14-5-6-20(27)28-11-14)23(30-13-29-19)15-9-17(25)22(18(26)10-15)24(33)32-8-7-16(12-32)31(2)3/h5-6,9-11,13,16H,4,7-8,12H2,1-3H3,(H2,27,28)/t16-/m1/s1. The Kier molecular flexibility index (Phi) is 6.83. The lowest BCUT2D eigenvalue weighted by atomic mass is 9.97. The number of halogens is 2.